The molecule has 1 aromatic heterocycles. The molecular formula is C13H14F3N3O. The van der Waals surface area contributed by atoms with Crippen LogP contribution in [-0.2, 0) is 11.3 Å². The zero-order chi connectivity index (χ0) is 14.7. The summed E-state index contributed by atoms with van der Waals surface area (Å²) in [4.78, 5) is 4.17. The first-order valence-electron chi connectivity index (χ1n) is 5.95. The zero-order valence-electron chi connectivity index (χ0n) is 11.1. The third-order valence-corrected chi connectivity index (χ3v) is 2.69. The lowest BCUT2D eigenvalue weighted by atomic mass is 10.3. The van der Waals surface area contributed by atoms with Crippen molar-refractivity contribution in [3.05, 3.63) is 41.5 Å². The molecule has 0 bridgehead atoms. The van der Waals surface area contributed by atoms with Crippen molar-refractivity contribution in [1.82, 2.24) is 9.55 Å². The molecule has 0 spiro atoms. The smallest absolute Gasteiger partial charge is 0.207 e. The highest BCUT2D eigenvalue weighted by molar-refractivity contribution is 5.55. The molecule has 2 aromatic rings. The Morgan fingerprint density at radius 3 is 2.60 bits per heavy atom. The third kappa shape index (κ3) is 3.11. The minimum absolute atomic E-state index is 0.173. The Morgan fingerprint density at radius 1 is 1.20 bits per heavy atom. The molecule has 0 aliphatic rings. The summed E-state index contributed by atoms with van der Waals surface area (Å²) in [5, 5.41) is 2.65. The number of anilines is 2. The molecule has 108 valence electrons. The van der Waals surface area contributed by atoms with E-state index < -0.39 is 17.5 Å². The van der Waals surface area contributed by atoms with Crippen LogP contribution >= 0.6 is 0 Å². The lowest BCUT2D eigenvalue weighted by Gasteiger charge is -2.10. The Labute approximate surface area is 114 Å². The average Bonchev–Trinajstić information content (AvgIpc) is 2.73. The van der Waals surface area contributed by atoms with Gasteiger partial charge in [-0.05, 0) is 6.92 Å². The van der Waals surface area contributed by atoms with Crippen LogP contribution in [0.5, 0.6) is 0 Å². The van der Waals surface area contributed by atoms with Gasteiger partial charge in [0.1, 0.15) is 5.82 Å². The fourth-order valence-electron chi connectivity index (χ4n) is 1.75. The Hall–Kier alpha value is -2.02. The largest absolute Gasteiger partial charge is 0.383 e. The highest BCUT2D eigenvalue weighted by atomic mass is 19.2. The summed E-state index contributed by atoms with van der Waals surface area (Å²) in [5.41, 5.74) is 0.541. The molecule has 2 rings (SSSR count). The van der Waals surface area contributed by atoms with Crippen molar-refractivity contribution < 1.29 is 17.9 Å². The van der Waals surface area contributed by atoms with E-state index in [1.807, 2.05) is 0 Å². The maximum Gasteiger partial charge on any atom is 0.207 e. The molecule has 0 saturated heterocycles. The second kappa shape index (κ2) is 5.96. The van der Waals surface area contributed by atoms with Crippen LogP contribution in [0.15, 0.2) is 18.3 Å². The summed E-state index contributed by atoms with van der Waals surface area (Å²) in [6.07, 6.45) is 1.75. The Kier molecular flexibility index (Phi) is 4.29. The molecule has 0 saturated carbocycles. The minimum atomic E-state index is -1.23. The number of nitrogens with zero attached hydrogens (tertiary/aromatic N) is 2. The lowest BCUT2D eigenvalue weighted by molar-refractivity contribution is 0.188. The van der Waals surface area contributed by atoms with Gasteiger partial charge in [-0.15, -0.1) is 0 Å². The van der Waals surface area contributed by atoms with Gasteiger partial charge in [0.2, 0.25) is 5.95 Å². The highest BCUT2D eigenvalue weighted by Crippen LogP contribution is 2.22. The molecule has 7 heteroatoms. The van der Waals surface area contributed by atoms with E-state index in [-0.39, 0.29) is 5.69 Å². The summed E-state index contributed by atoms with van der Waals surface area (Å²) in [6.45, 7) is 2.73. The van der Waals surface area contributed by atoms with Crippen molar-refractivity contribution in [2.45, 2.75) is 13.5 Å². The number of aryl methyl sites for hydroxylation is 1. The molecule has 20 heavy (non-hydrogen) atoms. The van der Waals surface area contributed by atoms with Gasteiger partial charge < -0.3 is 14.6 Å². The van der Waals surface area contributed by atoms with Crippen LogP contribution < -0.4 is 5.32 Å². The number of nitrogens with one attached hydrogen (secondary N) is 1. The van der Waals surface area contributed by atoms with E-state index in [0.717, 1.165) is 6.07 Å². The first kappa shape index (κ1) is 14.4. The zero-order valence-corrected chi connectivity index (χ0v) is 11.1. The molecule has 1 aromatic carbocycles. The second-order valence-electron chi connectivity index (χ2n) is 4.26. The van der Waals surface area contributed by atoms with Gasteiger partial charge in [0.05, 0.1) is 18.0 Å². The summed E-state index contributed by atoms with van der Waals surface area (Å²) in [7, 11) is 1.56. The number of halogens is 3. The number of rotatable bonds is 5. The first-order chi connectivity index (χ1) is 9.51. The van der Waals surface area contributed by atoms with Crippen LogP contribution in [0.4, 0.5) is 24.8 Å². The monoisotopic (exact) mass is 285 g/mol. The van der Waals surface area contributed by atoms with E-state index in [1.54, 1.807) is 24.8 Å². The van der Waals surface area contributed by atoms with Gasteiger partial charge in [-0.2, -0.15) is 0 Å². The van der Waals surface area contributed by atoms with Gasteiger partial charge in [-0.1, -0.05) is 0 Å². The van der Waals surface area contributed by atoms with Crippen LogP contribution in [-0.4, -0.2) is 23.3 Å². The molecule has 0 aliphatic heterocycles. The molecule has 4 nitrogen and oxygen atoms in total. The highest BCUT2D eigenvalue weighted by Gasteiger charge is 2.12. The number of hydrogen-bond acceptors (Lipinski definition) is 3. The molecule has 0 amide bonds. The summed E-state index contributed by atoms with van der Waals surface area (Å²) < 4.78 is 46.3. The SMILES string of the molecule is COCCn1cc(C)nc1Nc1cc(F)c(F)cc1F. The molecule has 0 radical (unpaired) electrons. The maximum absolute atomic E-state index is 13.6. The van der Waals surface area contributed by atoms with E-state index in [9.17, 15) is 13.2 Å². The fourth-order valence-corrected chi connectivity index (χ4v) is 1.75. The first-order valence-corrected chi connectivity index (χ1v) is 5.95. The van der Waals surface area contributed by atoms with Crippen molar-refractivity contribution >= 4 is 11.6 Å². The number of methoxy groups -OCH3 is 1. The quantitative estimate of drug-likeness (QED) is 0.858. The molecule has 0 fully saturated rings. The Balaban J connectivity index is 2.27. The van der Waals surface area contributed by atoms with Crippen LogP contribution in [0.25, 0.3) is 0 Å². The number of aromatic nitrogens is 2. The number of benzene rings is 1. The molecular weight excluding hydrogens is 271 g/mol. The molecule has 1 heterocycles. The lowest BCUT2D eigenvalue weighted by Crippen LogP contribution is -2.08. The van der Waals surface area contributed by atoms with Crippen LogP contribution in [0, 0.1) is 24.4 Å². The Morgan fingerprint density at radius 2 is 1.90 bits per heavy atom. The van der Waals surface area contributed by atoms with Gasteiger partial charge in [0.25, 0.3) is 0 Å². The molecule has 0 unspecified atom stereocenters. The Bertz CT molecular complexity index is 613. The van der Waals surface area contributed by atoms with E-state index in [0.29, 0.717) is 30.9 Å². The van der Waals surface area contributed by atoms with Crippen LogP contribution in [0.2, 0.25) is 0 Å². The van der Waals surface area contributed by atoms with Crippen LogP contribution in [0.3, 0.4) is 0 Å². The topological polar surface area (TPSA) is 39.1 Å². The van der Waals surface area contributed by atoms with Gasteiger partial charge in [0.15, 0.2) is 11.6 Å². The predicted octanol–water partition coefficient (Wildman–Crippen LogP) is 3.00. The van der Waals surface area contributed by atoms with Gasteiger partial charge in [-0.25, -0.2) is 18.2 Å². The summed E-state index contributed by atoms with van der Waals surface area (Å²) in [5.74, 6) is -2.90. The van der Waals surface area contributed by atoms with Crippen molar-refractivity contribution in [3.63, 3.8) is 0 Å². The summed E-state index contributed by atoms with van der Waals surface area (Å²) in [6, 6.07) is 1.25. The van der Waals surface area contributed by atoms with Gasteiger partial charge in [0, 0.05) is 32.0 Å². The fraction of sp³-hybridized carbons (Fsp3) is 0.308. The minimum Gasteiger partial charge on any atom is -0.383 e. The molecule has 1 N–H and O–H groups in total. The van der Waals surface area contributed by atoms with Crippen molar-refractivity contribution in [2.24, 2.45) is 0 Å². The van der Waals surface area contributed by atoms with E-state index in [4.69, 9.17) is 4.74 Å². The van der Waals surface area contributed by atoms with E-state index in [2.05, 4.69) is 10.3 Å². The second-order valence-corrected chi connectivity index (χ2v) is 4.26. The van der Waals surface area contributed by atoms with E-state index >= 15 is 0 Å². The summed E-state index contributed by atoms with van der Waals surface area (Å²) >= 11 is 0. The normalized spacial score (nSPS) is 10.8. The number of imidazole rings is 1. The van der Waals surface area contributed by atoms with Crippen molar-refractivity contribution in [1.29, 1.82) is 0 Å². The van der Waals surface area contributed by atoms with Crippen molar-refractivity contribution in [3.8, 4) is 0 Å². The number of hydrogen-bond donors (Lipinski definition) is 1. The molecule has 0 aliphatic carbocycles. The molecule has 0 atom stereocenters. The van der Waals surface area contributed by atoms with Gasteiger partial charge >= 0.3 is 0 Å². The number of ether oxygens (including phenoxy) is 1. The average molecular weight is 285 g/mol. The van der Waals surface area contributed by atoms with E-state index in [1.165, 1.54) is 0 Å². The van der Waals surface area contributed by atoms with Gasteiger partial charge in [-0.3, -0.25) is 0 Å². The van der Waals surface area contributed by atoms with Crippen molar-refractivity contribution in [2.75, 3.05) is 19.0 Å². The predicted molar refractivity (Wildman–Crippen MR) is 68.4 cm³/mol. The standard InChI is InChI=1S/C13H14F3N3O/c1-8-7-19(3-4-20-2)13(17-8)18-12-6-10(15)9(14)5-11(12)16/h5-7H,3-4H2,1-2H3,(H,17,18). The van der Waals surface area contributed by atoms with Crippen LogP contribution in [0.1, 0.15) is 5.69 Å². The maximum atomic E-state index is 13.6. The third-order valence-electron chi connectivity index (χ3n) is 2.69.